The third kappa shape index (κ3) is 4.46. The van der Waals surface area contributed by atoms with Gasteiger partial charge in [0, 0.05) is 32.1 Å². The smallest absolute Gasteiger partial charge is 0.310 e. The molecule has 0 aliphatic carbocycles. The van der Waals surface area contributed by atoms with Crippen LogP contribution in [0.15, 0.2) is 18.2 Å². The van der Waals surface area contributed by atoms with E-state index in [9.17, 15) is 14.4 Å². The SMILES string of the molecule is CCOC(=O)[C@@H]1CCCN(C(=O)[C@@H]2CC(=O)N(c3ccc(OC)cc3OC)C2)C1. The van der Waals surface area contributed by atoms with E-state index in [4.69, 9.17) is 14.2 Å². The highest BCUT2D eigenvalue weighted by molar-refractivity contribution is 6.01. The molecule has 2 aliphatic rings. The van der Waals surface area contributed by atoms with Crippen molar-refractivity contribution >= 4 is 23.5 Å². The van der Waals surface area contributed by atoms with Gasteiger partial charge < -0.3 is 24.0 Å². The standard InChI is InChI=1S/C21H28N2O6/c1-4-29-21(26)14-6-5-9-22(12-14)20(25)15-10-19(24)23(13-15)17-8-7-16(27-2)11-18(17)28-3/h7-8,11,14-15H,4-6,9-10,12-13H2,1-3H3/t14-,15-/m1/s1. The molecule has 0 unspecified atom stereocenters. The fraction of sp³-hybridized carbons (Fsp3) is 0.571. The zero-order chi connectivity index (χ0) is 21.0. The van der Waals surface area contributed by atoms with Gasteiger partial charge in [-0.3, -0.25) is 14.4 Å². The normalized spacial score (nSPS) is 21.8. The van der Waals surface area contributed by atoms with E-state index in [1.165, 1.54) is 7.11 Å². The molecule has 158 valence electrons. The first-order valence-corrected chi connectivity index (χ1v) is 9.96. The Hall–Kier alpha value is -2.77. The highest BCUT2D eigenvalue weighted by Gasteiger charge is 2.40. The highest BCUT2D eigenvalue weighted by atomic mass is 16.5. The van der Waals surface area contributed by atoms with Crippen LogP contribution in [-0.4, -0.2) is 63.1 Å². The lowest BCUT2D eigenvalue weighted by molar-refractivity contribution is -0.152. The molecular weight excluding hydrogens is 376 g/mol. The Morgan fingerprint density at radius 1 is 1.14 bits per heavy atom. The lowest BCUT2D eigenvalue weighted by Crippen LogP contribution is -2.45. The molecule has 29 heavy (non-hydrogen) atoms. The average molecular weight is 404 g/mol. The summed E-state index contributed by atoms with van der Waals surface area (Å²) in [5.41, 5.74) is 0.622. The van der Waals surface area contributed by atoms with Crippen LogP contribution in [0.1, 0.15) is 26.2 Å². The Bertz CT molecular complexity index is 780. The number of benzene rings is 1. The molecule has 0 aromatic heterocycles. The van der Waals surface area contributed by atoms with Crippen LogP contribution >= 0.6 is 0 Å². The van der Waals surface area contributed by atoms with Crippen molar-refractivity contribution in [2.24, 2.45) is 11.8 Å². The summed E-state index contributed by atoms with van der Waals surface area (Å²) in [5.74, 6) is -0.0303. The van der Waals surface area contributed by atoms with Gasteiger partial charge in [0.2, 0.25) is 11.8 Å². The molecule has 8 nitrogen and oxygen atoms in total. The van der Waals surface area contributed by atoms with Gasteiger partial charge in [-0.15, -0.1) is 0 Å². The molecule has 0 radical (unpaired) electrons. The van der Waals surface area contributed by atoms with Gasteiger partial charge in [0.15, 0.2) is 0 Å². The number of methoxy groups -OCH3 is 2. The summed E-state index contributed by atoms with van der Waals surface area (Å²) in [4.78, 5) is 41.0. The number of carbonyl (C=O) groups is 3. The maximum atomic E-state index is 13.0. The Kier molecular flexibility index (Phi) is 6.61. The summed E-state index contributed by atoms with van der Waals surface area (Å²) in [5, 5.41) is 0. The number of esters is 1. The van der Waals surface area contributed by atoms with Crippen LogP contribution in [0.4, 0.5) is 5.69 Å². The third-order valence-electron chi connectivity index (χ3n) is 5.50. The number of hydrogen-bond acceptors (Lipinski definition) is 6. The number of nitrogens with zero attached hydrogens (tertiary/aromatic N) is 2. The minimum Gasteiger partial charge on any atom is -0.497 e. The predicted molar refractivity (Wildman–Crippen MR) is 106 cm³/mol. The van der Waals surface area contributed by atoms with Gasteiger partial charge >= 0.3 is 5.97 Å². The van der Waals surface area contributed by atoms with E-state index in [1.54, 1.807) is 42.0 Å². The molecule has 2 fully saturated rings. The van der Waals surface area contributed by atoms with E-state index in [2.05, 4.69) is 0 Å². The van der Waals surface area contributed by atoms with Crippen LogP contribution in [0.3, 0.4) is 0 Å². The number of hydrogen-bond donors (Lipinski definition) is 0. The molecule has 2 heterocycles. The molecule has 0 saturated carbocycles. The van der Waals surface area contributed by atoms with Crippen LogP contribution in [0.2, 0.25) is 0 Å². The summed E-state index contributed by atoms with van der Waals surface area (Å²) in [6.07, 6.45) is 1.63. The first kappa shape index (κ1) is 21.0. The van der Waals surface area contributed by atoms with Crippen molar-refractivity contribution in [1.82, 2.24) is 4.90 Å². The van der Waals surface area contributed by atoms with Crippen molar-refractivity contribution in [3.05, 3.63) is 18.2 Å². The van der Waals surface area contributed by atoms with E-state index >= 15 is 0 Å². The Morgan fingerprint density at radius 2 is 1.93 bits per heavy atom. The van der Waals surface area contributed by atoms with E-state index in [-0.39, 0.29) is 30.1 Å². The molecule has 2 atom stereocenters. The molecule has 2 aliphatic heterocycles. The van der Waals surface area contributed by atoms with Gasteiger partial charge in [-0.05, 0) is 31.9 Å². The van der Waals surface area contributed by atoms with Crippen molar-refractivity contribution in [2.75, 3.05) is 45.4 Å². The monoisotopic (exact) mass is 404 g/mol. The predicted octanol–water partition coefficient (Wildman–Crippen LogP) is 1.86. The molecule has 0 N–H and O–H groups in total. The second-order valence-corrected chi connectivity index (χ2v) is 7.32. The number of carbonyl (C=O) groups excluding carboxylic acids is 3. The Morgan fingerprint density at radius 3 is 2.62 bits per heavy atom. The summed E-state index contributed by atoms with van der Waals surface area (Å²) in [6, 6.07) is 5.24. The molecule has 2 saturated heterocycles. The second kappa shape index (κ2) is 9.15. The molecule has 0 spiro atoms. The summed E-state index contributed by atoms with van der Waals surface area (Å²) in [7, 11) is 3.09. The number of amides is 2. The van der Waals surface area contributed by atoms with Crippen molar-refractivity contribution in [3.8, 4) is 11.5 Å². The van der Waals surface area contributed by atoms with E-state index in [0.29, 0.717) is 43.4 Å². The van der Waals surface area contributed by atoms with Crippen molar-refractivity contribution in [3.63, 3.8) is 0 Å². The largest absolute Gasteiger partial charge is 0.497 e. The lowest BCUT2D eigenvalue weighted by Gasteiger charge is -2.33. The van der Waals surface area contributed by atoms with Gasteiger partial charge in [0.25, 0.3) is 0 Å². The summed E-state index contributed by atoms with van der Waals surface area (Å²) >= 11 is 0. The lowest BCUT2D eigenvalue weighted by atomic mass is 9.96. The number of anilines is 1. The summed E-state index contributed by atoms with van der Waals surface area (Å²) in [6.45, 7) is 3.36. The molecule has 0 bridgehead atoms. The van der Waals surface area contributed by atoms with Gasteiger partial charge in [-0.2, -0.15) is 0 Å². The average Bonchev–Trinajstić information content (AvgIpc) is 3.14. The highest BCUT2D eigenvalue weighted by Crippen LogP contribution is 2.36. The van der Waals surface area contributed by atoms with Crippen LogP contribution < -0.4 is 14.4 Å². The molecule has 3 rings (SSSR count). The summed E-state index contributed by atoms with van der Waals surface area (Å²) < 4.78 is 15.7. The first-order chi connectivity index (χ1) is 14.0. The van der Waals surface area contributed by atoms with Crippen LogP contribution in [-0.2, 0) is 19.1 Å². The number of ether oxygens (including phenoxy) is 3. The van der Waals surface area contributed by atoms with Gasteiger partial charge in [0.05, 0.1) is 38.3 Å². The van der Waals surface area contributed by atoms with E-state index < -0.39 is 5.92 Å². The van der Waals surface area contributed by atoms with Crippen LogP contribution in [0.5, 0.6) is 11.5 Å². The topological polar surface area (TPSA) is 85.4 Å². The molecular formula is C21H28N2O6. The number of rotatable bonds is 6. The minimum absolute atomic E-state index is 0.0812. The zero-order valence-electron chi connectivity index (χ0n) is 17.2. The molecule has 2 amide bonds. The number of likely N-dealkylation sites (tertiary alicyclic amines) is 1. The van der Waals surface area contributed by atoms with E-state index in [1.807, 2.05) is 0 Å². The van der Waals surface area contributed by atoms with Gasteiger partial charge in [-0.1, -0.05) is 0 Å². The fourth-order valence-corrected chi connectivity index (χ4v) is 4.00. The second-order valence-electron chi connectivity index (χ2n) is 7.32. The maximum absolute atomic E-state index is 13.0. The number of piperidine rings is 1. The minimum atomic E-state index is -0.435. The zero-order valence-corrected chi connectivity index (χ0v) is 17.2. The van der Waals surface area contributed by atoms with Gasteiger partial charge in [-0.25, -0.2) is 0 Å². The first-order valence-electron chi connectivity index (χ1n) is 9.96. The molecule has 1 aromatic carbocycles. The third-order valence-corrected chi connectivity index (χ3v) is 5.50. The van der Waals surface area contributed by atoms with Crippen molar-refractivity contribution in [2.45, 2.75) is 26.2 Å². The van der Waals surface area contributed by atoms with Crippen LogP contribution in [0, 0.1) is 11.8 Å². The van der Waals surface area contributed by atoms with Crippen LogP contribution in [0.25, 0.3) is 0 Å². The van der Waals surface area contributed by atoms with Crippen molar-refractivity contribution in [1.29, 1.82) is 0 Å². The Balaban J connectivity index is 1.70. The van der Waals surface area contributed by atoms with Gasteiger partial charge in [0.1, 0.15) is 11.5 Å². The fourth-order valence-electron chi connectivity index (χ4n) is 4.00. The van der Waals surface area contributed by atoms with Crippen molar-refractivity contribution < 1.29 is 28.6 Å². The maximum Gasteiger partial charge on any atom is 0.310 e. The molecule has 1 aromatic rings. The quantitative estimate of drug-likeness (QED) is 0.673. The molecule has 8 heteroatoms. The van der Waals surface area contributed by atoms with E-state index in [0.717, 1.165) is 12.8 Å². The Labute approximate surface area is 170 Å².